The zero-order valence-corrected chi connectivity index (χ0v) is 73.4. The van der Waals surface area contributed by atoms with Gasteiger partial charge in [0.2, 0.25) is 29.5 Å². The molecule has 129 heavy (non-hydrogen) atoms. The van der Waals surface area contributed by atoms with Crippen molar-refractivity contribution in [3.63, 3.8) is 0 Å². The molecule has 0 saturated carbocycles. The third-order valence-corrected chi connectivity index (χ3v) is 21.6. The first-order valence-electron chi connectivity index (χ1n) is 43.7. The van der Waals surface area contributed by atoms with Gasteiger partial charge in [-0.05, 0) is 25.7 Å². The lowest BCUT2D eigenvalue weighted by atomic mass is 9.88. The van der Waals surface area contributed by atoms with E-state index >= 15 is 0 Å². The summed E-state index contributed by atoms with van der Waals surface area (Å²) < 4.78 is 127. The molecule has 11 N–H and O–H groups in total. The molecule has 6 fully saturated rings. The molecule has 3 aromatic rings. The smallest absolute Gasteiger partial charge is 0.253 e. The van der Waals surface area contributed by atoms with Crippen molar-refractivity contribution in [2.75, 3.05) is 211 Å². The molecule has 0 aliphatic carbocycles. The minimum absolute atomic E-state index is 0.0222. The Morgan fingerprint density at radius 3 is 1.02 bits per heavy atom. The fraction of sp³-hybridized carbons (Fsp3) is 0.812. The number of amides is 7. The van der Waals surface area contributed by atoms with Crippen molar-refractivity contribution < 1.29 is 164 Å². The average molecular weight is 1840 g/mol. The summed E-state index contributed by atoms with van der Waals surface area (Å²) in [6.45, 7) is 10.3. The number of aromatic nitrogens is 9. The van der Waals surface area contributed by atoms with Crippen LogP contribution in [0, 0.1) is 0 Å². The summed E-state index contributed by atoms with van der Waals surface area (Å²) in [5.41, 5.74) is -3.75. The SMILES string of the molecule is CC(=O)N[C@H]1[C@H]2OC[C@@](COCCOCCOCCOCCn3cc(COCC(COCc4cn(CCOCCOCCOCCOC[C@]56CO[C@@H](O5)[C@H](NC(C)=O)[C@@H](O)[C@H]6O)nn4)(COCc4cn(CCOCCOCCOCCOC[C@]56CO[C@@H](O5)[C@H](NC(C)=O)[C@@H](O)[C@H]6O)nn4)NC(=O)CCCCCNC(=O)CCCCCN4C(=O)C=CC4=O)nn3)(O2)[C@H](O)[C@@H]1O. The molecule has 0 radical (unpaired) electrons. The van der Waals surface area contributed by atoms with E-state index in [-0.39, 0.29) is 235 Å². The van der Waals surface area contributed by atoms with Crippen molar-refractivity contribution in [2.45, 2.75) is 208 Å². The van der Waals surface area contributed by atoms with Gasteiger partial charge in [-0.3, -0.25) is 38.5 Å². The number of hydrogen-bond acceptors (Lipinski definition) is 40. The van der Waals surface area contributed by atoms with Crippen LogP contribution in [-0.4, -0.2) is 429 Å². The highest BCUT2D eigenvalue weighted by Gasteiger charge is 2.62. The number of unbranched alkanes of at least 4 members (excludes halogenated alkanes) is 4. The van der Waals surface area contributed by atoms with E-state index in [9.17, 15) is 64.2 Å². The predicted molar refractivity (Wildman–Crippen MR) is 435 cm³/mol. The molecule has 6 saturated heterocycles. The van der Waals surface area contributed by atoms with Gasteiger partial charge in [-0.15, -0.1) is 15.3 Å². The first kappa shape index (κ1) is 104. The summed E-state index contributed by atoms with van der Waals surface area (Å²) >= 11 is 0. The van der Waals surface area contributed by atoms with Crippen LogP contribution in [0.25, 0.3) is 0 Å². The zero-order valence-electron chi connectivity index (χ0n) is 73.4. The number of nitrogens with one attached hydrogen (secondary N) is 5. The van der Waals surface area contributed by atoms with Gasteiger partial charge in [0.05, 0.1) is 256 Å². The summed E-state index contributed by atoms with van der Waals surface area (Å²) in [5, 5.41) is 104. The summed E-state index contributed by atoms with van der Waals surface area (Å²) in [4.78, 5) is 86.7. The lowest BCUT2D eigenvalue weighted by molar-refractivity contribution is -0.238. The van der Waals surface area contributed by atoms with Gasteiger partial charge >= 0.3 is 0 Å². The molecule has 0 spiro atoms. The Hall–Kier alpha value is -7.43. The van der Waals surface area contributed by atoms with Crippen molar-refractivity contribution in [1.29, 1.82) is 0 Å². The standard InChI is InChI=1S/C80H129N15O34/c1-55(96)82-65-68(103)71(106)78(52-124-74(65)127-78)49-118-37-34-115-31-28-112-25-22-109-19-16-92-40-58(86-89-92)43-121-46-77(85-62(100)11-6-4-8-14-81-61(99)10-7-5-9-15-95-63(101)12-13-64(95)102,47-122-44-59-41-93(90-87-59)17-20-110-23-26-113-29-32-116-35-38-119-50-79-53-125-75(128-79)66(83-56(2)97)69(104)72(79)107)48-123-45-60-42-94(91-88-60)18-21-111-24-27-114-30-33-117-36-39-120-51-80-54-126-76(129-80)67(84-57(3)98)70(105)73(80)108/h12-13,40-42,65-76,103-108H,4-11,14-39,43-54H2,1-3H3,(H,81,99)(H,82,96)(H,83,97)(H,84,98)(H,85,100)/t65-,66-,67-,68-,69-,70-,71-,72-,73-,74+,75+,76+,78-,79-,80-/m1/s1. The molecule has 6 bridgehead atoms. The van der Waals surface area contributed by atoms with Crippen LogP contribution in [0.3, 0.4) is 0 Å². The number of carbonyl (C=O) groups excluding carboxylic acids is 7. The van der Waals surface area contributed by atoms with Gasteiger partial charge in [0, 0.05) is 58.9 Å². The fourth-order valence-corrected chi connectivity index (χ4v) is 14.9. The second-order valence-electron chi connectivity index (χ2n) is 32.1. The van der Waals surface area contributed by atoms with Crippen LogP contribution in [0.5, 0.6) is 0 Å². The molecule has 7 aliphatic rings. The number of aliphatic hydroxyl groups excluding tert-OH is 6. The van der Waals surface area contributed by atoms with Crippen molar-refractivity contribution >= 4 is 41.4 Å². The third-order valence-electron chi connectivity index (χ3n) is 21.6. The van der Waals surface area contributed by atoms with E-state index in [1.807, 2.05) is 0 Å². The van der Waals surface area contributed by atoms with E-state index in [0.717, 1.165) is 0 Å². The topological polar surface area (TPSA) is 590 Å². The maximum Gasteiger partial charge on any atom is 0.253 e. The van der Waals surface area contributed by atoms with Crippen molar-refractivity contribution in [1.82, 2.24) is 76.5 Å². The Morgan fingerprint density at radius 2 is 0.698 bits per heavy atom. The highest BCUT2D eigenvalue weighted by Crippen LogP contribution is 2.40. The number of carbonyl (C=O) groups is 7. The first-order chi connectivity index (χ1) is 62.5. The number of imide groups is 1. The zero-order chi connectivity index (χ0) is 91.7. The van der Waals surface area contributed by atoms with Gasteiger partial charge in [0.15, 0.2) is 18.9 Å². The minimum Gasteiger partial charge on any atom is -0.388 e. The van der Waals surface area contributed by atoms with E-state index in [1.165, 1.54) is 37.8 Å². The van der Waals surface area contributed by atoms with E-state index in [4.69, 9.17) is 99.5 Å². The number of hydrogen-bond donors (Lipinski definition) is 11. The lowest BCUT2D eigenvalue weighted by Crippen LogP contribution is -2.66. The van der Waals surface area contributed by atoms with E-state index in [2.05, 4.69) is 57.5 Å². The highest BCUT2D eigenvalue weighted by atomic mass is 16.8. The second-order valence-corrected chi connectivity index (χ2v) is 32.1. The van der Waals surface area contributed by atoms with Crippen LogP contribution in [0.15, 0.2) is 30.7 Å². The second kappa shape index (κ2) is 54.7. The van der Waals surface area contributed by atoms with E-state index in [1.54, 1.807) is 32.6 Å². The van der Waals surface area contributed by atoms with Crippen molar-refractivity contribution in [3.8, 4) is 0 Å². The minimum atomic E-state index is -1.35. The molecule has 49 heteroatoms. The molecule has 15 atom stereocenters. The van der Waals surface area contributed by atoms with E-state index in [0.29, 0.717) is 108 Å². The Morgan fingerprint density at radius 1 is 0.395 bits per heavy atom. The number of ether oxygens (including phenoxy) is 21. The van der Waals surface area contributed by atoms with Gasteiger partial charge in [0.1, 0.15) is 94.2 Å². The van der Waals surface area contributed by atoms with Gasteiger partial charge < -0.3 is 157 Å². The molecule has 728 valence electrons. The van der Waals surface area contributed by atoms with Crippen molar-refractivity contribution in [3.05, 3.63) is 47.8 Å². The number of rotatable bonds is 70. The molecule has 49 nitrogen and oxygen atoms in total. The summed E-state index contributed by atoms with van der Waals surface area (Å²) in [5.74, 6) is -2.31. The van der Waals surface area contributed by atoms with Crippen LogP contribution >= 0.6 is 0 Å². The van der Waals surface area contributed by atoms with E-state index < -0.39 is 114 Å². The Kier molecular flexibility index (Phi) is 43.9. The van der Waals surface area contributed by atoms with Crippen LogP contribution in [-0.2, 0) is 172 Å². The quantitative estimate of drug-likeness (QED) is 0.0185. The fourth-order valence-electron chi connectivity index (χ4n) is 14.9. The number of fused-ring (bicyclic) bond motifs is 6. The van der Waals surface area contributed by atoms with Crippen LogP contribution in [0.4, 0.5) is 0 Å². The number of aliphatic hydroxyl groups is 6. The Labute approximate surface area is 745 Å². The van der Waals surface area contributed by atoms with Gasteiger partial charge in [-0.2, -0.15) is 0 Å². The maximum absolute atomic E-state index is 14.2. The Balaban J connectivity index is 0.652. The van der Waals surface area contributed by atoms with Gasteiger partial charge in [-0.25, -0.2) is 14.0 Å². The van der Waals surface area contributed by atoms with Crippen LogP contribution < -0.4 is 26.6 Å². The monoisotopic (exact) mass is 1840 g/mol. The molecule has 0 unspecified atom stereocenters. The first-order valence-corrected chi connectivity index (χ1v) is 43.7. The molecule has 7 aliphatic heterocycles. The Bertz CT molecular complexity index is 3550. The normalized spacial score (nSPS) is 25.8. The summed E-state index contributed by atoms with van der Waals surface area (Å²) in [7, 11) is 0. The number of nitrogens with zero attached hydrogens (tertiary/aromatic N) is 10. The molecular formula is C80H129N15O34. The molecule has 0 aromatic carbocycles. The molecule has 3 aromatic heterocycles. The largest absolute Gasteiger partial charge is 0.388 e. The third kappa shape index (κ3) is 33.3. The maximum atomic E-state index is 14.2. The average Bonchev–Trinajstić information content (AvgIpc) is 1.61. The molecule has 10 heterocycles. The molecule has 7 amide bonds. The summed E-state index contributed by atoms with van der Waals surface area (Å²) in [6, 6.07) is -2.75. The predicted octanol–water partition coefficient (Wildman–Crippen LogP) is -6.32. The highest BCUT2D eigenvalue weighted by molar-refractivity contribution is 6.12. The van der Waals surface area contributed by atoms with Crippen LogP contribution in [0.1, 0.15) is 89.2 Å². The van der Waals surface area contributed by atoms with Crippen molar-refractivity contribution in [2.24, 2.45) is 0 Å². The van der Waals surface area contributed by atoms with Gasteiger partial charge in [-0.1, -0.05) is 28.5 Å². The van der Waals surface area contributed by atoms with Crippen LogP contribution in [0.2, 0.25) is 0 Å². The molecule has 10 rings (SSSR count). The van der Waals surface area contributed by atoms with Gasteiger partial charge in [0.25, 0.3) is 11.8 Å². The summed E-state index contributed by atoms with van der Waals surface area (Å²) in [6.07, 6.45) is 0.811. The molecular weight excluding hydrogens is 1710 g/mol. The lowest BCUT2D eigenvalue weighted by Gasteiger charge is -2.42.